The molecule has 0 fully saturated rings. The van der Waals surface area contributed by atoms with Gasteiger partial charge in [0.15, 0.2) is 0 Å². The highest BCUT2D eigenvalue weighted by molar-refractivity contribution is 5.64. The minimum Gasteiger partial charge on any atom is -0.444 e. The molecule has 3 N–H and O–H groups in total. The monoisotopic (exact) mass is 133 g/mol. The summed E-state index contributed by atoms with van der Waals surface area (Å²) in [6.07, 6.45) is -2.05. The zero-order valence-electron chi connectivity index (χ0n) is 5.50. The number of aliphatic hydroxyl groups is 1. The second kappa shape index (κ2) is 3.29. The highest BCUT2D eigenvalue weighted by Crippen LogP contribution is 1.95. The van der Waals surface area contributed by atoms with E-state index in [0.29, 0.717) is 0 Å². The van der Waals surface area contributed by atoms with Crippen molar-refractivity contribution in [2.45, 2.75) is 26.1 Å². The molecule has 2 unspecified atom stereocenters. The lowest BCUT2D eigenvalue weighted by Crippen LogP contribution is -2.28. The second-order valence-electron chi connectivity index (χ2n) is 1.88. The maximum absolute atomic E-state index is 10.0. The van der Waals surface area contributed by atoms with Crippen LogP contribution in [0, 0.1) is 0 Å². The molecule has 4 nitrogen and oxygen atoms in total. The van der Waals surface area contributed by atoms with Crippen LogP contribution in [0.5, 0.6) is 0 Å². The number of rotatable bonds is 2. The minimum atomic E-state index is -0.858. The van der Waals surface area contributed by atoms with Gasteiger partial charge in [0, 0.05) is 0 Å². The van der Waals surface area contributed by atoms with E-state index in [1.807, 2.05) is 0 Å². The molecule has 0 rings (SSSR count). The van der Waals surface area contributed by atoms with Crippen molar-refractivity contribution in [1.29, 1.82) is 0 Å². The van der Waals surface area contributed by atoms with Gasteiger partial charge in [0.25, 0.3) is 0 Å². The van der Waals surface area contributed by atoms with Crippen LogP contribution in [-0.4, -0.2) is 23.4 Å². The molecule has 2 atom stereocenters. The average molecular weight is 133 g/mol. The van der Waals surface area contributed by atoms with E-state index in [1.54, 1.807) is 6.92 Å². The van der Waals surface area contributed by atoms with Gasteiger partial charge in [0.1, 0.15) is 6.10 Å². The fourth-order valence-corrected chi connectivity index (χ4v) is 0.282. The molecule has 0 aromatic heterocycles. The van der Waals surface area contributed by atoms with Gasteiger partial charge in [0.05, 0.1) is 6.10 Å². The molecular formula is C5H11NO3. The lowest BCUT2D eigenvalue weighted by molar-refractivity contribution is 0.0266. The van der Waals surface area contributed by atoms with E-state index in [1.165, 1.54) is 6.92 Å². The van der Waals surface area contributed by atoms with Crippen LogP contribution in [0.2, 0.25) is 0 Å². The largest absolute Gasteiger partial charge is 0.444 e. The van der Waals surface area contributed by atoms with Crippen molar-refractivity contribution in [2.75, 3.05) is 0 Å². The molecule has 1 amide bonds. The van der Waals surface area contributed by atoms with Crippen LogP contribution in [0.1, 0.15) is 13.8 Å². The van der Waals surface area contributed by atoms with Crippen LogP contribution >= 0.6 is 0 Å². The summed E-state index contributed by atoms with van der Waals surface area (Å²) in [6.45, 7) is 3.09. The van der Waals surface area contributed by atoms with Crippen molar-refractivity contribution < 1.29 is 14.6 Å². The molecule has 4 heteroatoms. The van der Waals surface area contributed by atoms with E-state index in [-0.39, 0.29) is 0 Å². The second-order valence-corrected chi connectivity index (χ2v) is 1.88. The number of amides is 1. The summed E-state index contributed by atoms with van der Waals surface area (Å²) in [6, 6.07) is 0. The van der Waals surface area contributed by atoms with Crippen LogP contribution in [0.3, 0.4) is 0 Å². The summed E-state index contributed by atoms with van der Waals surface area (Å²) in [4.78, 5) is 10.0. The first-order valence-corrected chi connectivity index (χ1v) is 2.68. The molecule has 0 aromatic carbocycles. The normalized spacial score (nSPS) is 16.3. The Kier molecular flexibility index (Phi) is 3.01. The fourth-order valence-electron chi connectivity index (χ4n) is 0.282. The number of hydrogen-bond donors (Lipinski definition) is 2. The number of hydrogen-bond acceptors (Lipinski definition) is 3. The molecule has 0 aliphatic carbocycles. The van der Waals surface area contributed by atoms with E-state index >= 15 is 0 Å². The summed E-state index contributed by atoms with van der Waals surface area (Å²) in [5.41, 5.74) is 4.66. The number of aliphatic hydroxyl groups excluding tert-OH is 1. The van der Waals surface area contributed by atoms with Crippen LogP contribution < -0.4 is 5.73 Å². The van der Waals surface area contributed by atoms with Gasteiger partial charge in [0.2, 0.25) is 0 Å². The van der Waals surface area contributed by atoms with Gasteiger partial charge in [-0.3, -0.25) is 0 Å². The molecule has 0 spiro atoms. The average Bonchev–Trinajstić information content (AvgIpc) is 1.63. The predicted octanol–water partition coefficient (Wildman–Crippen LogP) is -0.149. The van der Waals surface area contributed by atoms with Gasteiger partial charge in [-0.05, 0) is 13.8 Å². The third kappa shape index (κ3) is 3.78. The Morgan fingerprint density at radius 2 is 2.11 bits per heavy atom. The van der Waals surface area contributed by atoms with E-state index in [0.717, 1.165) is 0 Å². The third-order valence-electron chi connectivity index (χ3n) is 0.981. The molecule has 0 bridgehead atoms. The predicted molar refractivity (Wildman–Crippen MR) is 31.8 cm³/mol. The van der Waals surface area contributed by atoms with Gasteiger partial charge in [-0.1, -0.05) is 0 Å². The maximum atomic E-state index is 10.0. The Labute approximate surface area is 53.6 Å². The summed E-state index contributed by atoms with van der Waals surface area (Å²) < 4.78 is 4.40. The maximum Gasteiger partial charge on any atom is 0.404 e. The first kappa shape index (κ1) is 8.23. The van der Waals surface area contributed by atoms with E-state index in [4.69, 9.17) is 5.11 Å². The van der Waals surface area contributed by atoms with Crippen molar-refractivity contribution in [2.24, 2.45) is 5.73 Å². The molecule has 0 saturated heterocycles. The van der Waals surface area contributed by atoms with Gasteiger partial charge in [-0.2, -0.15) is 0 Å². The molecule has 9 heavy (non-hydrogen) atoms. The Hall–Kier alpha value is -0.770. The highest BCUT2D eigenvalue weighted by Gasteiger charge is 2.10. The first-order valence-electron chi connectivity index (χ1n) is 2.68. The van der Waals surface area contributed by atoms with Gasteiger partial charge >= 0.3 is 6.09 Å². The first-order chi connectivity index (χ1) is 4.04. The van der Waals surface area contributed by atoms with E-state index < -0.39 is 18.3 Å². The lowest BCUT2D eigenvalue weighted by Gasteiger charge is -2.12. The molecule has 0 aliphatic heterocycles. The van der Waals surface area contributed by atoms with E-state index in [9.17, 15) is 4.79 Å². The van der Waals surface area contributed by atoms with Crippen molar-refractivity contribution in [3.63, 3.8) is 0 Å². The Bertz CT molecular complexity index is 102. The summed E-state index contributed by atoms with van der Waals surface area (Å²) >= 11 is 0. The number of primary amides is 1. The summed E-state index contributed by atoms with van der Waals surface area (Å²) in [5, 5.41) is 8.74. The Balaban J connectivity index is 3.50. The Morgan fingerprint density at radius 1 is 1.67 bits per heavy atom. The van der Waals surface area contributed by atoms with Crippen molar-refractivity contribution in [3.05, 3.63) is 0 Å². The Morgan fingerprint density at radius 3 is 2.22 bits per heavy atom. The van der Waals surface area contributed by atoms with Crippen LogP contribution in [-0.2, 0) is 4.74 Å². The molecule has 54 valence electrons. The highest BCUT2D eigenvalue weighted by atomic mass is 16.6. The van der Waals surface area contributed by atoms with Crippen molar-refractivity contribution in [1.82, 2.24) is 0 Å². The number of carbonyl (C=O) groups is 1. The smallest absolute Gasteiger partial charge is 0.404 e. The summed E-state index contributed by atoms with van der Waals surface area (Å²) in [7, 11) is 0. The van der Waals surface area contributed by atoms with Crippen LogP contribution in [0.4, 0.5) is 4.79 Å². The molecular weight excluding hydrogens is 122 g/mol. The standard InChI is InChI=1S/C5H11NO3/c1-3(7)4(2)9-5(6)8/h3-4,7H,1-2H3,(H2,6,8). The van der Waals surface area contributed by atoms with Crippen molar-refractivity contribution >= 4 is 6.09 Å². The molecule has 0 radical (unpaired) electrons. The number of ether oxygens (including phenoxy) is 1. The minimum absolute atomic E-state index is 0.525. The third-order valence-corrected chi connectivity index (χ3v) is 0.981. The molecule has 0 saturated carbocycles. The zero-order valence-corrected chi connectivity index (χ0v) is 5.50. The quantitative estimate of drug-likeness (QED) is 0.550. The fraction of sp³-hybridized carbons (Fsp3) is 0.800. The van der Waals surface area contributed by atoms with Gasteiger partial charge in [-0.25, -0.2) is 4.79 Å². The number of carbonyl (C=O) groups excluding carboxylic acids is 1. The van der Waals surface area contributed by atoms with Crippen LogP contribution in [0.25, 0.3) is 0 Å². The van der Waals surface area contributed by atoms with Gasteiger partial charge in [-0.15, -0.1) is 0 Å². The topological polar surface area (TPSA) is 72.6 Å². The number of nitrogens with two attached hydrogens (primary N) is 1. The molecule has 0 aliphatic rings. The van der Waals surface area contributed by atoms with E-state index in [2.05, 4.69) is 10.5 Å². The lowest BCUT2D eigenvalue weighted by atomic mass is 10.3. The van der Waals surface area contributed by atoms with Crippen LogP contribution in [0.15, 0.2) is 0 Å². The zero-order chi connectivity index (χ0) is 7.44. The molecule has 0 aromatic rings. The van der Waals surface area contributed by atoms with Gasteiger partial charge < -0.3 is 15.6 Å². The molecule has 0 heterocycles. The summed E-state index contributed by atoms with van der Waals surface area (Å²) in [5.74, 6) is 0. The SMILES string of the molecule is CC(O)C(C)OC(N)=O. The van der Waals surface area contributed by atoms with Crippen molar-refractivity contribution in [3.8, 4) is 0 Å².